The van der Waals surface area contributed by atoms with Gasteiger partial charge in [-0.15, -0.1) is 0 Å². The molecule has 0 unspecified atom stereocenters. The molecule has 0 saturated heterocycles. The van der Waals surface area contributed by atoms with Crippen molar-refractivity contribution in [3.8, 4) is 0 Å². The number of amides is 2. The Bertz CT molecular complexity index is 266. The molecule has 0 aliphatic rings. The predicted molar refractivity (Wildman–Crippen MR) is 53.3 cm³/mol. The molecule has 0 radical (unpaired) electrons. The minimum absolute atomic E-state index is 0.475. The largest absolute Gasteiger partial charge is 0.395 e. The molecule has 0 aliphatic carbocycles. The van der Waals surface area contributed by atoms with E-state index in [9.17, 15) is 9.59 Å². The molecule has 0 aliphatic heterocycles. The number of nitrogens with two attached hydrogens (primary N) is 2. The van der Waals surface area contributed by atoms with Gasteiger partial charge in [0.2, 0.25) is 11.8 Å². The first-order chi connectivity index (χ1) is 6.95. The van der Waals surface area contributed by atoms with Gasteiger partial charge in [0.25, 0.3) is 0 Å². The highest BCUT2D eigenvalue weighted by molar-refractivity contribution is 5.87. The zero-order valence-corrected chi connectivity index (χ0v) is 8.09. The van der Waals surface area contributed by atoms with E-state index in [1.807, 2.05) is 0 Å². The molecule has 6 heteroatoms. The molecule has 0 aromatic rings. The van der Waals surface area contributed by atoms with Crippen molar-refractivity contribution in [1.29, 1.82) is 0 Å². The van der Waals surface area contributed by atoms with Gasteiger partial charge in [-0.2, -0.15) is 0 Å². The summed E-state index contributed by atoms with van der Waals surface area (Å²) >= 11 is 0. The SMILES string of the molecule is NC(=O)C=CC(C=CC(N)=O)(CO)CO. The third kappa shape index (κ3) is 4.94. The third-order valence-corrected chi connectivity index (χ3v) is 1.75. The Hall–Kier alpha value is -1.66. The highest BCUT2D eigenvalue weighted by Crippen LogP contribution is 2.19. The Labute approximate surface area is 86.9 Å². The topological polar surface area (TPSA) is 127 Å². The van der Waals surface area contributed by atoms with Crippen molar-refractivity contribution in [2.45, 2.75) is 0 Å². The molecule has 84 valence electrons. The second-order valence-electron chi connectivity index (χ2n) is 3.02. The van der Waals surface area contributed by atoms with Crippen molar-refractivity contribution in [3.63, 3.8) is 0 Å². The summed E-state index contributed by atoms with van der Waals surface area (Å²) in [6.45, 7) is -0.950. The minimum Gasteiger partial charge on any atom is -0.395 e. The first kappa shape index (κ1) is 13.3. The van der Waals surface area contributed by atoms with Crippen molar-refractivity contribution in [3.05, 3.63) is 24.3 Å². The summed E-state index contributed by atoms with van der Waals surface area (Å²) in [5.74, 6) is -1.43. The molecule has 0 fully saturated rings. The molecule has 6 nitrogen and oxygen atoms in total. The highest BCUT2D eigenvalue weighted by Gasteiger charge is 2.22. The van der Waals surface area contributed by atoms with Crippen LogP contribution in [0.25, 0.3) is 0 Å². The zero-order valence-electron chi connectivity index (χ0n) is 8.09. The molecule has 6 N–H and O–H groups in total. The predicted octanol–water partition coefficient (Wildman–Crippen LogP) is -1.96. The van der Waals surface area contributed by atoms with Gasteiger partial charge in [-0.25, -0.2) is 0 Å². The quantitative estimate of drug-likeness (QED) is 0.383. The van der Waals surface area contributed by atoms with Gasteiger partial charge in [0.1, 0.15) is 0 Å². The Morgan fingerprint density at radius 2 is 1.33 bits per heavy atom. The summed E-state index contributed by atoms with van der Waals surface area (Å²) in [7, 11) is 0. The molecule has 0 aromatic heterocycles. The summed E-state index contributed by atoms with van der Waals surface area (Å²) in [5.41, 5.74) is 8.52. The Balaban J connectivity index is 4.87. The normalized spacial score (nSPS) is 12.4. The van der Waals surface area contributed by atoms with Crippen LogP contribution in [0, 0.1) is 5.41 Å². The van der Waals surface area contributed by atoms with Gasteiger partial charge in [-0.05, 0) is 12.2 Å². The summed E-state index contributed by atoms with van der Waals surface area (Å²) in [5, 5.41) is 18.1. The lowest BCUT2D eigenvalue weighted by molar-refractivity contribution is -0.114. The molecule has 0 heterocycles. The summed E-state index contributed by atoms with van der Waals surface area (Å²) < 4.78 is 0. The fourth-order valence-corrected chi connectivity index (χ4v) is 0.813. The lowest BCUT2D eigenvalue weighted by atomic mass is 9.89. The number of hydrogen-bond acceptors (Lipinski definition) is 4. The number of aliphatic hydroxyl groups is 2. The maximum atomic E-state index is 10.5. The smallest absolute Gasteiger partial charge is 0.241 e. The first-order valence-corrected chi connectivity index (χ1v) is 4.15. The van der Waals surface area contributed by atoms with Crippen molar-refractivity contribution in [2.75, 3.05) is 13.2 Å². The van der Waals surface area contributed by atoms with Crippen molar-refractivity contribution in [1.82, 2.24) is 0 Å². The van der Waals surface area contributed by atoms with Gasteiger partial charge in [-0.3, -0.25) is 9.59 Å². The fourth-order valence-electron chi connectivity index (χ4n) is 0.813. The fraction of sp³-hybridized carbons (Fsp3) is 0.333. The minimum atomic E-state index is -1.20. The van der Waals surface area contributed by atoms with E-state index in [0.717, 1.165) is 12.2 Å². The van der Waals surface area contributed by atoms with Gasteiger partial charge in [0.05, 0.1) is 18.6 Å². The first-order valence-electron chi connectivity index (χ1n) is 4.15. The second-order valence-corrected chi connectivity index (χ2v) is 3.02. The average molecular weight is 214 g/mol. The zero-order chi connectivity index (χ0) is 11.9. The maximum Gasteiger partial charge on any atom is 0.241 e. The Morgan fingerprint density at radius 1 is 1.00 bits per heavy atom. The summed E-state index contributed by atoms with van der Waals surface area (Å²) in [6, 6.07) is 0. The third-order valence-electron chi connectivity index (χ3n) is 1.75. The van der Waals surface area contributed by atoms with Crippen LogP contribution in [0.15, 0.2) is 24.3 Å². The number of hydrogen-bond donors (Lipinski definition) is 4. The molecule has 0 aromatic carbocycles. The van der Waals surface area contributed by atoms with E-state index in [-0.39, 0.29) is 0 Å². The van der Waals surface area contributed by atoms with E-state index in [1.165, 1.54) is 12.2 Å². The molecular weight excluding hydrogens is 200 g/mol. The molecule has 0 rings (SSSR count). The number of carbonyl (C=O) groups excluding carboxylic acids is 2. The molecule has 0 atom stereocenters. The van der Waals surface area contributed by atoms with Crippen LogP contribution in [0.3, 0.4) is 0 Å². The van der Waals surface area contributed by atoms with Gasteiger partial charge in [0, 0.05) is 0 Å². The number of rotatable bonds is 6. The average Bonchev–Trinajstić information content (AvgIpc) is 2.19. The number of aliphatic hydroxyl groups excluding tert-OH is 2. The van der Waals surface area contributed by atoms with Crippen LogP contribution in [0.1, 0.15) is 0 Å². The molecule has 2 amide bonds. The van der Waals surface area contributed by atoms with Crippen molar-refractivity contribution >= 4 is 11.8 Å². The van der Waals surface area contributed by atoms with E-state index >= 15 is 0 Å². The maximum absolute atomic E-state index is 10.5. The molecule has 0 saturated carbocycles. The summed E-state index contributed by atoms with van der Waals surface area (Å²) in [4.78, 5) is 20.9. The van der Waals surface area contributed by atoms with Crippen LogP contribution < -0.4 is 11.5 Å². The van der Waals surface area contributed by atoms with Crippen LogP contribution in [-0.2, 0) is 9.59 Å². The molecule has 0 bridgehead atoms. The molecule has 0 spiro atoms. The van der Waals surface area contributed by atoms with Crippen molar-refractivity contribution < 1.29 is 19.8 Å². The number of carbonyl (C=O) groups is 2. The van der Waals surface area contributed by atoms with Crippen molar-refractivity contribution in [2.24, 2.45) is 16.9 Å². The van der Waals surface area contributed by atoms with Gasteiger partial charge >= 0.3 is 0 Å². The number of primary amides is 2. The van der Waals surface area contributed by atoms with E-state index < -0.39 is 30.4 Å². The van der Waals surface area contributed by atoms with Gasteiger partial charge < -0.3 is 21.7 Å². The van der Waals surface area contributed by atoms with Gasteiger partial charge in [0.15, 0.2) is 0 Å². The molecule has 15 heavy (non-hydrogen) atoms. The van der Waals surface area contributed by atoms with Crippen LogP contribution in [0.2, 0.25) is 0 Å². The van der Waals surface area contributed by atoms with Crippen LogP contribution in [-0.4, -0.2) is 35.2 Å². The Morgan fingerprint density at radius 3 is 1.53 bits per heavy atom. The highest BCUT2D eigenvalue weighted by atomic mass is 16.3. The van der Waals surface area contributed by atoms with Crippen LogP contribution in [0.4, 0.5) is 0 Å². The monoisotopic (exact) mass is 214 g/mol. The lowest BCUT2D eigenvalue weighted by Gasteiger charge is -2.21. The Kier molecular flexibility index (Phi) is 5.29. The van der Waals surface area contributed by atoms with E-state index in [4.69, 9.17) is 21.7 Å². The van der Waals surface area contributed by atoms with Gasteiger partial charge in [-0.1, -0.05) is 12.2 Å². The molecular formula is C9H14N2O4. The standard InChI is InChI=1S/C9H14N2O4/c10-7(14)1-3-9(5-12,6-13)4-2-8(11)15/h1-4,12-13H,5-6H2,(H2,10,14)(H2,11,15). The van der Waals surface area contributed by atoms with E-state index in [1.54, 1.807) is 0 Å². The van der Waals surface area contributed by atoms with Crippen LogP contribution >= 0.6 is 0 Å². The van der Waals surface area contributed by atoms with E-state index in [0.29, 0.717) is 0 Å². The van der Waals surface area contributed by atoms with Crippen LogP contribution in [0.5, 0.6) is 0 Å². The summed E-state index contributed by atoms with van der Waals surface area (Å²) in [6.07, 6.45) is 4.43. The second kappa shape index (κ2) is 5.94. The van der Waals surface area contributed by atoms with E-state index in [2.05, 4.69) is 0 Å². The lowest BCUT2D eigenvalue weighted by Crippen LogP contribution is -2.26.